The summed E-state index contributed by atoms with van der Waals surface area (Å²) in [6, 6.07) is 0. The zero-order valence-corrected chi connectivity index (χ0v) is 8.57. The number of hydrogen-bond donors (Lipinski definition) is 0. The monoisotopic (exact) mass is 184 g/mol. The Labute approximate surface area is 77.7 Å². The number of hydrogen-bond acceptors (Lipinski definition) is 2. The lowest BCUT2D eigenvalue weighted by Gasteiger charge is -2.22. The van der Waals surface area contributed by atoms with Crippen molar-refractivity contribution < 1.29 is 4.74 Å². The zero-order chi connectivity index (χ0) is 10.1. The third-order valence-electron chi connectivity index (χ3n) is 2.12. The molecule has 13 heavy (non-hydrogen) atoms. The molecule has 0 aliphatic rings. The first-order valence-electron chi connectivity index (χ1n) is 4.23. The Morgan fingerprint density at radius 1 is 1.46 bits per heavy atom. The van der Waals surface area contributed by atoms with E-state index in [0.29, 0.717) is 6.54 Å². The van der Waals surface area contributed by atoms with Gasteiger partial charge in [0.1, 0.15) is 0 Å². The third kappa shape index (κ3) is 2.21. The zero-order valence-electron chi connectivity index (χ0n) is 8.57. The highest BCUT2D eigenvalue weighted by Gasteiger charge is 2.18. The first-order chi connectivity index (χ1) is 5.96. The van der Waals surface area contributed by atoms with Crippen molar-refractivity contribution in [2.75, 3.05) is 7.11 Å². The van der Waals surface area contributed by atoms with Crippen molar-refractivity contribution in [1.29, 1.82) is 0 Å². The molecule has 74 valence electrons. The molecule has 0 atom stereocenters. The van der Waals surface area contributed by atoms with Crippen molar-refractivity contribution in [3.8, 4) is 0 Å². The van der Waals surface area contributed by atoms with Crippen LogP contribution in [0.1, 0.15) is 13.8 Å². The summed E-state index contributed by atoms with van der Waals surface area (Å²) in [4.78, 5) is 11.4. The van der Waals surface area contributed by atoms with Crippen LogP contribution in [-0.4, -0.2) is 21.8 Å². The summed E-state index contributed by atoms with van der Waals surface area (Å²) in [6.45, 7) is 4.47. The van der Waals surface area contributed by atoms with E-state index < -0.39 is 0 Å². The van der Waals surface area contributed by atoms with E-state index in [9.17, 15) is 4.79 Å². The molecule has 1 aromatic heterocycles. The number of rotatable bonds is 3. The summed E-state index contributed by atoms with van der Waals surface area (Å²) in [7, 11) is 3.38. The second-order valence-electron chi connectivity index (χ2n) is 3.78. The first kappa shape index (κ1) is 10.1. The van der Waals surface area contributed by atoms with Crippen molar-refractivity contribution in [1.82, 2.24) is 9.13 Å². The van der Waals surface area contributed by atoms with Gasteiger partial charge in [-0.3, -0.25) is 4.57 Å². The maximum Gasteiger partial charge on any atom is 0.327 e. The van der Waals surface area contributed by atoms with E-state index in [2.05, 4.69) is 0 Å². The van der Waals surface area contributed by atoms with Gasteiger partial charge in [0.2, 0.25) is 0 Å². The van der Waals surface area contributed by atoms with Crippen LogP contribution in [-0.2, 0) is 18.3 Å². The van der Waals surface area contributed by atoms with Crippen LogP contribution >= 0.6 is 0 Å². The van der Waals surface area contributed by atoms with Crippen LogP contribution in [0.4, 0.5) is 0 Å². The van der Waals surface area contributed by atoms with Gasteiger partial charge in [-0.05, 0) is 13.8 Å². The fraction of sp³-hybridized carbons (Fsp3) is 0.667. The fourth-order valence-electron chi connectivity index (χ4n) is 1.11. The van der Waals surface area contributed by atoms with Gasteiger partial charge in [0.25, 0.3) is 0 Å². The Balaban J connectivity index is 2.87. The van der Waals surface area contributed by atoms with E-state index in [1.54, 1.807) is 35.7 Å². The summed E-state index contributed by atoms with van der Waals surface area (Å²) in [5.74, 6) is 0. The molecule has 0 spiro atoms. The molecule has 0 aromatic carbocycles. The van der Waals surface area contributed by atoms with Crippen LogP contribution in [0.5, 0.6) is 0 Å². The van der Waals surface area contributed by atoms with E-state index in [0.717, 1.165) is 0 Å². The van der Waals surface area contributed by atoms with Crippen LogP contribution in [0.25, 0.3) is 0 Å². The maximum absolute atomic E-state index is 11.4. The lowest BCUT2D eigenvalue weighted by Crippen LogP contribution is -2.34. The second kappa shape index (κ2) is 3.38. The molecule has 0 amide bonds. The summed E-state index contributed by atoms with van der Waals surface area (Å²) in [5, 5.41) is 0. The van der Waals surface area contributed by atoms with Crippen LogP contribution in [0.3, 0.4) is 0 Å². The van der Waals surface area contributed by atoms with Gasteiger partial charge < -0.3 is 9.30 Å². The van der Waals surface area contributed by atoms with E-state index >= 15 is 0 Å². The lowest BCUT2D eigenvalue weighted by molar-refractivity contribution is 0.00734. The fourth-order valence-corrected chi connectivity index (χ4v) is 1.11. The van der Waals surface area contributed by atoms with Crippen molar-refractivity contribution in [2.24, 2.45) is 7.05 Å². The molecule has 1 aromatic rings. The van der Waals surface area contributed by atoms with Gasteiger partial charge in [-0.1, -0.05) is 0 Å². The Morgan fingerprint density at radius 2 is 2.08 bits per heavy atom. The van der Waals surface area contributed by atoms with Crippen molar-refractivity contribution >= 4 is 0 Å². The summed E-state index contributed by atoms with van der Waals surface area (Å²) in [5.41, 5.74) is -0.310. The van der Waals surface area contributed by atoms with Crippen LogP contribution in [0, 0.1) is 0 Å². The Bertz CT molecular complexity index is 336. The highest BCUT2D eigenvalue weighted by molar-refractivity contribution is 4.83. The number of imidazole rings is 1. The summed E-state index contributed by atoms with van der Waals surface area (Å²) < 4.78 is 8.43. The summed E-state index contributed by atoms with van der Waals surface area (Å²) in [6.07, 6.45) is 3.51. The van der Waals surface area contributed by atoms with Crippen molar-refractivity contribution in [3.05, 3.63) is 22.9 Å². The van der Waals surface area contributed by atoms with E-state index in [1.807, 2.05) is 13.8 Å². The van der Waals surface area contributed by atoms with E-state index in [-0.39, 0.29) is 11.3 Å². The molecule has 0 aliphatic carbocycles. The number of ether oxygens (including phenoxy) is 1. The number of aryl methyl sites for hydroxylation is 1. The highest BCUT2D eigenvalue weighted by Crippen LogP contribution is 2.09. The maximum atomic E-state index is 11.4. The SMILES string of the molecule is COC(C)(C)Cn1ccn(C)c1=O. The molecule has 0 radical (unpaired) electrons. The number of nitrogens with zero attached hydrogens (tertiary/aromatic N) is 2. The highest BCUT2D eigenvalue weighted by atomic mass is 16.5. The standard InChI is InChI=1S/C9H16N2O2/c1-9(2,13-4)7-11-6-5-10(3)8(11)12/h5-6H,7H2,1-4H3. The largest absolute Gasteiger partial charge is 0.377 e. The molecule has 4 heteroatoms. The number of aromatic nitrogens is 2. The normalized spacial score (nSPS) is 12.0. The van der Waals surface area contributed by atoms with Gasteiger partial charge >= 0.3 is 5.69 Å². The minimum absolute atomic E-state index is 0.00914. The predicted molar refractivity (Wildman–Crippen MR) is 50.8 cm³/mol. The summed E-state index contributed by atoms with van der Waals surface area (Å²) >= 11 is 0. The van der Waals surface area contributed by atoms with Gasteiger partial charge in [0.05, 0.1) is 12.1 Å². The van der Waals surface area contributed by atoms with Crippen molar-refractivity contribution in [3.63, 3.8) is 0 Å². The lowest BCUT2D eigenvalue weighted by atomic mass is 10.1. The van der Waals surface area contributed by atoms with E-state index in [4.69, 9.17) is 4.74 Å². The minimum atomic E-state index is -0.300. The molecule has 0 unspecified atom stereocenters. The Hall–Kier alpha value is -1.03. The van der Waals surface area contributed by atoms with Crippen LogP contribution < -0.4 is 5.69 Å². The van der Waals surface area contributed by atoms with Crippen molar-refractivity contribution in [2.45, 2.75) is 26.0 Å². The van der Waals surface area contributed by atoms with E-state index in [1.165, 1.54) is 0 Å². The molecule has 0 saturated carbocycles. The smallest absolute Gasteiger partial charge is 0.327 e. The average Bonchev–Trinajstić information content (AvgIpc) is 2.36. The Morgan fingerprint density at radius 3 is 2.46 bits per heavy atom. The quantitative estimate of drug-likeness (QED) is 0.690. The predicted octanol–water partition coefficient (Wildman–Crippen LogP) is 0.612. The van der Waals surface area contributed by atoms with Crippen LogP contribution in [0.2, 0.25) is 0 Å². The second-order valence-corrected chi connectivity index (χ2v) is 3.78. The molecule has 0 aliphatic heterocycles. The first-order valence-corrected chi connectivity index (χ1v) is 4.23. The van der Waals surface area contributed by atoms with Crippen LogP contribution in [0.15, 0.2) is 17.2 Å². The topological polar surface area (TPSA) is 36.2 Å². The molecule has 1 rings (SSSR count). The molecule has 0 N–H and O–H groups in total. The molecule has 1 heterocycles. The molecule has 0 fully saturated rings. The van der Waals surface area contributed by atoms with Gasteiger partial charge in [-0.25, -0.2) is 4.79 Å². The molecule has 0 bridgehead atoms. The third-order valence-corrected chi connectivity index (χ3v) is 2.12. The number of methoxy groups -OCH3 is 1. The van der Waals surface area contributed by atoms with Gasteiger partial charge in [0.15, 0.2) is 0 Å². The molecular formula is C9H16N2O2. The molecular weight excluding hydrogens is 168 g/mol. The minimum Gasteiger partial charge on any atom is -0.377 e. The van der Waals surface area contributed by atoms with Gasteiger partial charge in [-0.2, -0.15) is 0 Å². The molecule has 4 nitrogen and oxygen atoms in total. The Kier molecular flexibility index (Phi) is 2.61. The molecule has 0 saturated heterocycles. The van der Waals surface area contributed by atoms with Gasteiger partial charge in [0, 0.05) is 26.6 Å². The average molecular weight is 184 g/mol. The van der Waals surface area contributed by atoms with Gasteiger partial charge in [-0.15, -0.1) is 0 Å².